The van der Waals surface area contributed by atoms with Crippen molar-refractivity contribution in [3.8, 4) is 0 Å². The molecule has 1 saturated heterocycles. The van der Waals surface area contributed by atoms with Gasteiger partial charge in [0.15, 0.2) is 0 Å². The summed E-state index contributed by atoms with van der Waals surface area (Å²) in [6, 6.07) is 2.02. The molecule has 1 aliphatic carbocycles. The van der Waals surface area contributed by atoms with Crippen molar-refractivity contribution in [2.45, 2.75) is 44.8 Å². The Kier molecular flexibility index (Phi) is 2.92. The number of aromatic nitrogens is 1. The standard InChI is InChI=1S/C13H20N2O2/c1-11-8-12(14-17-11)9-15-6-7-16-13(10-15)4-2-3-5-13/h8H,2-7,9-10H2,1H3. The number of hydrogen-bond acceptors (Lipinski definition) is 4. The monoisotopic (exact) mass is 236 g/mol. The summed E-state index contributed by atoms with van der Waals surface area (Å²) < 4.78 is 11.1. The first-order valence-corrected chi connectivity index (χ1v) is 6.54. The molecule has 17 heavy (non-hydrogen) atoms. The molecule has 4 nitrogen and oxygen atoms in total. The van der Waals surface area contributed by atoms with Crippen LogP contribution in [0.25, 0.3) is 0 Å². The molecule has 3 rings (SSSR count). The Morgan fingerprint density at radius 2 is 2.24 bits per heavy atom. The first-order chi connectivity index (χ1) is 8.26. The van der Waals surface area contributed by atoms with Crippen LogP contribution in [0.5, 0.6) is 0 Å². The van der Waals surface area contributed by atoms with Crippen LogP contribution in [0, 0.1) is 6.92 Å². The fourth-order valence-corrected chi connectivity index (χ4v) is 3.10. The van der Waals surface area contributed by atoms with Gasteiger partial charge in [-0.1, -0.05) is 18.0 Å². The quantitative estimate of drug-likeness (QED) is 0.788. The van der Waals surface area contributed by atoms with Gasteiger partial charge in [0.25, 0.3) is 0 Å². The van der Waals surface area contributed by atoms with E-state index < -0.39 is 0 Å². The highest BCUT2D eigenvalue weighted by Crippen LogP contribution is 2.36. The van der Waals surface area contributed by atoms with E-state index in [4.69, 9.17) is 9.26 Å². The highest BCUT2D eigenvalue weighted by Gasteiger charge is 2.39. The van der Waals surface area contributed by atoms with E-state index >= 15 is 0 Å². The molecule has 1 aliphatic heterocycles. The zero-order valence-electron chi connectivity index (χ0n) is 10.4. The van der Waals surface area contributed by atoms with Crippen LogP contribution in [0.3, 0.4) is 0 Å². The fraction of sp³-hybridized carbons (Fsp3) is 0.769. The maximum absolute atomic E-state index is 6.01. The summed E-state index contributed by atoms with van der Waals surface area (Å²) in [4.78, 5) is 2.45. The molecule has 0 amide bonds. The Morgan fingerprint density at radius 3 is 2.94 bits per heavy atom. The van der Waals surface area contributed by atoms with Crippen molar-refractivity contribution in [2.75, 3.05) is 19.7 Å². The van der Waals surface area contributed by atoms with Crippen LogP contribution < -0.4 is 0 Å². The van der Waals surface area contributed by atoms with Crippen LogP contribution in [-0.4, -0.2) is 35.4 Å². The maximum Gasteiger partial charge on any atom is 0.133 e. The minimum atomic E-state index is 0.150. The second-order valence-electron chi connectivity index (χ2n) is 5.38. The number of nitrogens with zero attached hydrogens (tertiary/aromatic N) is 2. The molecule has 0 radical (unpaired) electrons. The summed E-state index contributed by atoms with van der Waals surface area (Å²) >= 11 is 0. The summed E-state index contributed by atoms with van der Waals surface area (Å²) in [5, 5.41) is 4.07. The van der Waals surface area contributed by atoms with Gasteiger partial charge >= 0.3 is 0 Å². The summed E-state index contributed by atoms with van der Waals surface area (Å²) in [5.41, 5.74) is 1.19. The molecule has 1 saturated carbocycles. The third kappa shape index (κ3) is 2.38. The lowest BCUT2D eigenvalue weighted by molar-refractivity contribution is -0.107. The maximum atomic E-state index is 6.01. The van der Waals surface area contributed by atoms with Gasteiger partial charge in [-0.25, -0.2) is 0 Å². The minimum Gasteiger partial charge on any atom is -0.372 e. The lowest BCUT2D eigenvalue weighted by Crippen LogP contribution is -2.49. The third-order valence-corrected chi connectivity index (χ3v) is 3.90. The van der Waals surface area contributed by atoms with Crippen molar-refractivity contribution in [3.63, 3.8) is 0 Å². The molecule has 2 fully saturated rings. The fourth-order valence-electron chi connectivity index (χ4n) is 3.10. The van der Waals surface area contributed by atoms with Crippen molar-refractivity contribution in [1.82, 2.24) is 10.1 Å². The van der Waals surface area contributed by atoms with Gasteiger partial charge in [0.2, 0.25) is 0 Å². The average molecular weight is 236 g/mol. The predicted octanol–water partition coefficient (Wildman–Crippen LogP) is 2.13. The lowest BCUT2D eigenvalue weighted by atomic mass is 9.99. The summed E-state index contributed by atoms with van der Waals surface area (Å²) in [7, 11) is 0. The van der Waals surface area contributed by atoms with Crippen LogP contribution >= 0.6 is 0 Å². The van der Waals surface area contributed by atoms with Crippen LogP contribution in [0.15, 0.2) is 10.6 Å². The van der Waals surface area contributed by atoms with Crippen molar-refractivity contribution in [2.24, 2.45) is 0 Å². The second kappa shape index (κ2) is 4.42. The van der Waals surface area contributed by atoms with Crippen molar-refractivity contribution < 1.29 is 9.26 Å². The SMILES string of the molecule is Cc1cc(CN2CCOC3(CCCC3)C2)no1. The molecular formula is C13H20N2O2. The summed E-state index contributed by atoms with van der Waals surface area (Å²) in [5.74, 6) is 0.892. The van der Waals surface area contributed by atoms with Crippen LogP contribution in [-0.2, 0) is 11.3 Å². The molecule has 94 valence electrons. The molecule has 0 aromatic carbocycles. The molecule has 1 spiro atoms. The van der Waals surface area contributed by atoms with E-state index in [1.165, 1.54) is 25.7 Å². The average Bonchev–Trinajstić information content (AvgIpc) is 2.89. The van der Waals surface area contributed by atoms with Gasteiger partial charge in [0.05, 0.1) is 17.9 Å². The first kappa shape index (κ1) is 11.2. The third-order valence-electron chi connectivity index (χ3n) is 3.90. The zero-order chi connectivity index (χ0) is 11.7. The highest BCUT2D eigenvalue weighted by molar-refractivity contribution is 5.04. The Hall–Kier alpha value is -0.870. The predicted molar refractivity (Wildman–Crippen MR) is 63.7 cm³/mol. The lowest BCUT2D eigenvalue weighted by Gasteiger charge is -2.40. The molecule has 0 N–H and O–H groups in total. The molecule has 2 heterocycles. The van der Waals surface area contributed by atoms with Gasteiger partial charge < -0.3 is 9.26 Å². The normalized spacial score (nSPS) is 24.5. The van der Waals surface area contributed by atoms with Crippen LogP contribution in [0.1, 0.15) is 37.1 Å². The highest BCUT2D eigenvalue weighted by atomic mass is 16.5. The second-order valence-corrected chi connectivity index (χ2v) is 5.38. The number of hydrogen-bond donors (Lipinski definition) is 0. The van der Waals surface area contributed by atoms with Crippen LogP contribution in [0.2, 0.25) is 0 Å². The largest absolute Gasteiger partial charge is 0.372 e. The van der Waals surface area contributed by atoms with E-state index in [-0.39, 0.29) is 5.60 Å². The van der Waals surface area contributed by atoms with Crippen LogP contribution in [0.4, 0.5) is 0 Å². The van der Waals surface area contributed by atoms with E-state index in [2.05, 4.69) is 10.1 Å². The molecule has 1 aromatic rings. The molecule has 4 heteroatoms. The van der Waals surface area contributed by atoms with E-state index in [0.717, 1.165) is 37.7 Å². The summed E-state index contributed by atoms with van der Waals surface area (Å²) in [6.45, 7) is 5.75. The van der Waals surface area contributed by atoms with E-state index in [1.54, 1.807) is 0 Å². The Balaban J connectivity index is 1.64. The Bertz CT molecular complexity index is 383. The topological polar surface area (TPSA) is 38.5 Å². The van der Waals surface area contributed by atoms with E-state index in [9.17, 15) is 0 Å². The van der Waals surface area contributed by atoms with Gasteiger partial charge in [-0.15, -0.1) is 0 Å². The Labute approximate surface area is 102 Å². The zero-order valence-corrected chi connectivity index (χ0v) is 10.4. The molecule has 2 aliphatic rings. The van der Waals surface area contributed by atoms with E-state index in [0.29, 0.717) is 0 Å². The molecule has 0 unspecified atom stereocenters. The van der Waals surface area contributed by atoms with Gasteiger partial charge in [0.1, 0.15) is 5.76 Å². The van der Waals surface area contributed by atoms with Gasteiger partial charge in [-0.2, -0.15) is 0 Å². The van der Waals surface area contributed by atoms with Gasteiger partial charge in [-0.3, -0.25) is 4.90 Å². The number of ether oxygens (including phenoxy) is 1. The Morgan fingerprint density at radius 1 is 1.41 bits per heavy atom. The number of aryl methyl sites for hydroxylation is 1. The molecule has 1 aromatic heterocycles. The number of rotatable bonds is 2. The van der Waals surface area contributed by atoms with Gasteiger partial charge in [0, 0.05) is 25.7 Å². The van der Waals surface area contributed by atoms with E-state index in [1.807, 2.05) is 13.0 Å². The first-order valence-electron chi connectivity index (χ1n) is 6.54. The smallest absolute Gasteiger partial charge is 0.133 e. The number of morpholine rings is 1. The minimum absolute atomic E-state index is 0.150. The molecule has 0 atom stereocenters. The van der Waals surface area contributed by atoms with Gasteiger partial charge in [-0.05, 0) is 19.8 Å². The van der Waals surface area contributed by atoms with Crippen molar-refractivity contribution in [1.29, 1.82) is 0 Å². The van der Waals surface area contributed by atoms with Crippen molar-refractivity contribution >= 4 is 0 Å². The molecule has 0 bridgehead atoms. The summed E-state index contributed by atoms with van der Waals surface area (Å²) in [6.07, 6.45) is 5.08. The van der Waals surface area contributed by atoms with Crippen molar-refractivity contribution in [3.05, 3.63) is 17.5 Å². The molecular weight excluding hydrogens is 216 g/mol.